The van der Waals surface area contributed by atoms with Gasteiger partial charge in [-0.1, -0.05) is 41.9 Å². The molecule has 5 aromatic rings. The molecule has 0 bridgehead atoms. The lowest BCUT2D eigenvalue weighted by atomic mass is 10.00. The smallest absolute Gasteiger partial charge is 0.244 e. The number of pyridine rings is 1. The zero-order valence-electron chi connectivity index (χ0n) is 20.4. The Morgan fingerprint density at radius 3 is 2.74 bits per heavy atom. The molecule has 3 heterocycles. The van der Waals surface area contributed by atoms with Crippen molar-refractivity contribution in [2.75, 3.05) is 0 Å². The number of amides is 1. The normalized spacial score (nSPS) is 12.2. The monoisotopic (exact) mass is 526 g/mol. The van der Waals surface area contributed by atoms with Crippen LogP contribution >= 0.6 is 11.6 Å². The number of Topliss-reactive ketones (excluding diaryl/α,β-unsaturated/α-hetero) is 1. The standard InChI is InChI=1S/C27H23ClN8O2/c1-18-11-12-35-26(13-18)31-25(32-35)16-24(37)22(14-19-5-3-2-4-6-19)30-27(38)10-7-20-15-21(28)8-9-23(20)36-17-29-33-34-36/h2-13,15,17,22H,14,16H2,1H3,(H,30,38)/b10-7+/t22-/m0/s1. The number of nitrogens with zero attached hydrogens (tertiary/aromatic N) is 7. The lowest BCUT2D eigenvalue weighted by Gasteiger charge is -2.16. The maximum absolute atomic E-state index is 13.4. The molecule has 0 unspecified atom stereocenters. The first kappa shape index (κ1) is 25.0. The summed E-state index contributed by atoms with van der Waals surface area (Å²) in [5.74, 6) is -0.227. The van der Waals surface area contributed by atoms with Crippen LogP contribution in [-0.4, -0.2) is 52.5 Å². The van der Waals surface area contributed by atoms with E-state index in [1.807, 2.05) is 49.4 Å². The highest BCUT2D eigenvalue weighted by atomic mass is 35.5. The first-order valence-electron chi connectivity index (χ1n) is 11.8. The van der Waals surface area contributed by atoms with Crippen LogP contribution < -0.4 is 5.32 Å². The van der Waals surface area contributed by atoms with E-state index in [2.05, 4.69) is 30.9 Å². The topological polar surface area (TPSA) is 120 Å². The van der Waals surface area contributed by atoms with Crippen molar-refractivity contribution in [2.45, 2.75) is 25.8 Å². The van der Waals surface area contributed by atoms with Crippen LogP contribution in [0.4, 0.5) is 0 Å². The second kappa shape index (κ2) is 11.1. The van der Waals surface area contributed by atoms with Gasteiger partial charge in [-0.15, -0.1) is 5.10 Å². The number of carbonyl (C=O) groups is 2. The van der Waals surface area contributed by atoms with Gasteiger partial charge < -0.3 is 5.32 Å². The molecule has 190 valence electrons. The molecule has 1 atom stereocenters. The first-order valence-corrected chi connectivity index (χ1v) is 12.2. The Balaban J connectivity index is 1.35. The molecule has 0 saturated carbocycles. The van der Waals surface area contributed by atoms with Gasteiger partial charge in [0, 0.05) is 22.9 Å². The Labute approximate surface area is 223 Å². The van der Waals surface area contributed by atoms with E-state index in [4.69, 9.17) is 11.6 Å². The van der Waals surface area contributed by atoms with Crippen LogP contribution in [0, 0.1) is 6.92 Å². The Hall–Kier alpha value is -4.70. The summed E-state index contributed by atoms with van der Waals surface area (Å²) < 4.78 is 3.11. The van der Waals surface area contributed by atoms with Crippen LogP contribution in [0.25, 0.3) is 17.4 Å². The van der Waals surface area contributed by atoms with Crippen LogP contribution in [0.15, 0.2) is 79.3 Å². The molecule has 0 saturated heterocycles. The third-order valence-electron chi connectivity index (χ3n) is 5.86. The van der Waals surface area contributed by atoms with Gasteiger partial charge >= 0.3 is 0 Å². The number of rotatable bonds is 9. The number of tetrazole rings is 1. The van der Waals surface area contributed by atoms with Gasteiger partial charge in [0.25, 0.3) is 0 Å². The van der Waals surface area contributed by atoms with Gasteiger partial charge in [0.1, 0.15) is 6.33 Å². The van der Waals surface area contributed by atoms with Crippen molar-refractivity contribution >= 4 is 35.0 Å². The highest BCUT2D eigenvalue weighted by molar-refractivity contribution is 6.30. The zero-order valence-corrected chi connectivity index (χ0v) is 21.2. The van der Waals surface area contributed by atoms with Crippen LogP contribution in [0.2, 0.25) is 5.02 Å². The minimum Gasteiger partial charge on any atom is -0.342 e. The van der Waals surface area contributed by atoms with Crippen molar-refractivity contribution in [3.8, 4) is 5.69 Å². The summed E-state index contributed by atoms with van der Waals surface area (Å²) in [5, 5.41) is 19.0. The van der Waals surface area contributed by atoms with E-state index in [-0.39, 0.29) is 12.2 Å². The lowest BCUT2D eigenvalue weighted by molar-refractivity contribution is -0.125. The fourth-order valence-electron chi connectivity index (χ4n) is 4.00. The number of hydrogen-bond donors (Lipinski definition) is 1. The summed E-state index contributed by atoms with van der Waals surface area (Å²) in [6.07, 6.45) is 6.53. The maximum Gasteiger partial charge on any atom is 0.244 e. The zero-order chi connectivity index (χ0) is 26.5. The van der Waals surface area contributed by atoms with Crippen molar-refractivity contribution in [3.63, 3.8) is 0 Å². The van der Waals surface area contributed by atoms with Crippen LogP contribution in [0.5, 0.6) is 0 Å². The van der Waals surface area contributed by atoms with E-state index in [0.717, 1.165) is 11.1 Å². The van der Waals surface area contributed by atoms with E-state index >= 15 is 0 Å². The number of aromatic nitrogens is 7. The Kier molecular flexibility index (Phi) is 7.32. The minimum absolute atomic E-state index is 0.0139. The number of aryl methyl sites for hydroxylation is 1. The van der Waals surface area contributed by atoms with E-state index in [0.29, 0.717) is 34.2 Å². The molecule has 1 N–H and O–H groups in total. The molecule has 0 aliphatic heterocycles. The second-order valence-corrected chi connectivity index (χ2v) is 9.16. The number of fused-ring (bicyclic) bond motifs is 1. The van der Waals surface area contributed by atoms with Gasteiger partial charge in [0.2, 0.25) is 5.91 Å². The number of ketones is 1. The Bertz CT molecular complexity index is 1610. The molecular weight excluding hydrogens is 504 g/mol. The fourth-order valence-corrected chi connectivity index (χ4v) is 4.18. The number of halogens is 1. The minimum atomic E-state index is -0.777. The van der Waals surface area contributed by atoms with Crippen molar-refractivity contribution in [2.24, 2.45) is 0 Å². The molecule has 5 rings (SSSR count). The SMILES string of the molecule is Cc1ccn2nc(CC(=O)[C@H](Cc3ccccc3)NC(=O)/C=C/c3cc(Cl)ccc3-n3cnnn3)nc2c1. The molecule has 38 heavy (non-hydrogen) atoms. The molecule has 0 fully saturated rings. The summed E-state index contributed by atoms with van der Waals surface area (Å²) in [5.41, 5.74) is 3.92. The lowest BCUT2D eigenvalue weighted by Crippen LogP contribution is -2.42. The second-order valence-electron chi connectivity index (χ2n) is 8.72. The molecular formula is C27H23ClN8O2. The third kappa shape index (κ3) is 5.98. The van der Waals surface area contributed by atoms with Gasteiger partial charge in [0.15, 0.2) is 17.3 Å². The Morgan fingerprint density at radius 1 is 1.11 bits per heavy atom. The van der Waals surface area contributed by atoms with Crippen LogP contribution in [0.1, 0.15) is 22.5 Å². The third-order valence-corrected chi connectivity index (χ3v) is 6.09. The number of carbonyl (C=O) groups excluding carboxylic acids is 2. The number of hydrogen-bond acceptors (Lipinski definition) is 7. The van der Waals surface area contributed by atoms with E-state index in [9.17, 15) is 9.59 Å². The number of benzene rings is 2. The molecule has 1 amide bonds. The van der Waals surface area contributed by atoms with E-state index < -0.39 is 11.9 Å². The van der Waals surface area contributed by atoms with Crippen molar-refractivity contribution in [1.29, 1.82) is 0 Å². The largest absolute Gasteiger partial charge is 0.342 e. The molecule has 0 radical (unpaired) electrons. The summed E-state index contributed by atoms with van der Waals surface area (Å²) >= 11 is 6.17. The summed E-state index contributed by atoms with van der Waals surface area (Å²) in [4.78, 5) is 30.8. The average molecular weight is 527 g/mol. The summed E-state index contributed by atoms with van der Waals surface area (Å²) in [6.45, 7) is 1.97. The molecule has 3 aromatic heterocycles. The summed E-state index contributed by atoms with van der Waals surface area (Å²) in [7, 11) is 0. The average Bonchev–Trinajstić information content (AvgIpc) is 3.57. The van der Waals surface area contributed by atoms with Gasteiger partial charge in [-0.3, -0.25) is 9.59 Å². The Morgan fingerprint density at radius 2 is 1.95 bits per heavy atom. The molecule has 0 spiro atoms. The molecule has 0 aliphatic rings. The highest BCUT2D eigenvalue weighted by Crippen LogP contribution is 2.20. The van der Waals surface area contributed by atoms with E-state index in [1.165, 1.54) is 17.1 Å². The predicted molar refractivity (Wildman–Crippen MR) is 142 cm³/mol. The van der Waals surface area contributed by atoms with Crippen molar-refractivity contribution in [1.82, 2.24) is 40.1 Å². The molecule has 0 aliphatic carbocycles. The van der Waals surface area contributed by atoms with Gasteiger partial charge in [0.05, 0.1) is 18.2 Å². The maximum atomic E-state index is 13.4. The van der Waals surface area contributed by atoms with Gasteiger partial charge in [-0.05, 0) is 71.3 Å². The van der Waals surface area contributed by atoms with Crippen LogP contribution in [-0.2, 0) is 22.4 Å². The predicted octanol–water partition coefficient (Wildman–Crippen LogP) is 3.22. The van der Waals surface area contributed by atoms with Gasteiger partial charge in [-0.2, -0.15) is 9.78 Å². The van der Waals surface area contributed by atoms with Crippen molar-refractivity contribution in [3.05, 3.63) is 107 Å². The fraction of sp³-hybridized carbons (Fsp3) is 0.148. The summed E-state index contributed by atoms with van der Waals surface area (Å²) in [6, 6.07) is 17.7. The highest BCUT2D eigenvalue weighted by Gasteiger charge is 2.22. The first-order chi connectivity index (χ1) is 18.4. The van der Waals surface area contributed by atoms with E-state index in [1.54, 1.807) is 35.0 Å². The van der Waals surface area contributed by atoms with Gasteiger partial charge in [-0.25, -0.2) is 9.50 Å². The molecule has 2 aromatic carbocycles. The molecule has 10 nitrogen and oxygen atoms in total. The van der Waals surface area contributed by atoms with Crippen molar-refractivity contribution < 1.29 is 9.59 Å². The molecule has 11 heteroatoms. The quantitative estimate of drug-likeness (QED) is 0.293. The van der Waals surface area contributed by atoms with Crippen LogP contribution in [0.3, 0.4) is 0 Å². The number of nitrogens with one attached hydrogen (secondary N) is 1.